The molecule has 0 saturated heterocycles. The fourth-order valence-corrected chi connectivity index (χ4v) is 3.39. The highest BCUT2D eigenvalue weighted by Crippen LogP contribution is 2.55. The van der Waals surface area contributed by atoms with E-state index in [1.807, 2.05) is 0 Å². The molecule has 2 rings (SSSR count). The average Bonchev–Trinajstić information content (AvgIpc) is 2.12. The van der Waals surface area contributed by atoms with Crippen molar-refractivity contribution in [2.45, 2.75) is 57.7 Å². The van der Waals surface area contributed by atoms with Gasteiger partial charge in [0.25, 0.3) is 0 Å². The molecule has 0 heterocycles. The Morgan fingerprint density at radius 1 is 1.20 bits per heavy atom. The van der Waals surface area contributed by atoms with Crippen molar-refractivity contribution in [2.24, 2.45) is 17.3 Å². The predicted octanol–water partition coefficient (Wildman–Crippen LogP) is 4.22. The molecule has 84 valence electrons. The molecule has 0 bridgehead atoms. The lowest BCUT2D eigenvalue weighted by Gasteiger charge is -2.51. The van der Waals surface area contributed by atoms with Gasteiger partial charge in [0.15, 0.2) is 0 Å². The molecule has 0 amide bonds. The lowest BCUT2D eigenvalue weighted by Crippen LogP contribution is -2.50. The third-order valence-corrected chi connectivity index (χ3v) is 4.23. The molecule has 1 heteroatoms. The number of fused-ring (bicyclic) bond motifs is 1. The summed E-state index contributed by atoms with van der Waals surface area (Å²) in [7, 11) is 0. The van der Waals surface area contributed by atoms with Gasteiger partial charge in [0, 0.05) is 5.41 Å². The number of rotatable bonds is 0. The molecule has 0 nitrogen and oxygen atoms in total. The van der Waals surface area contributed by atoms with Crippen molar-refractivity contribution >= 4 is 11.6 Å². The Bertz CT molecular complexity index is 302. The molecule has 0 aliphatic heterocycles. The zero-order chi connectivity index (χ0) is 11.1. The van der Waals surface area contributed by atoms with Gasteiger partial charge in [-0.1, -0.05) is 24.7 Å². The van der Waals surface area contributed by atoms with Gasteiger partial charge < -0.3 is 0 Å². The molecule has 2 saturated carbocycles. The summed E-state index contributed by atoms with van der Waals surface area (Å²) >= 11 is 6.61. The SMILES string of the molecule is CC(C)(C)C#C[C@]1(Cl)C[C@@H]2CCCC[C@H]21. The van der Waals surface area contributed by atoms with E-state index in [0.717, 1.165) is 12.3 Å². The first-order valence-corrected chi connectivity index (χ1v) is 6.52. The van der Waals surface area contributed by atoms with Gasteiger partial charge in [-0.15, -0.1) is 11.6 Å². The topological polar surface area (TPSA) is 0 Å². The minimum atomic E-state index is -0.168. The van der Waals surface area contributed by atoms with Crippen LogP contribution in [0.4, 0.5) is 0 Å². The predicted molar refractivity (Wildman–Crippen MR) is 65.9 cm³/mol. The third-order valence-electron chi connectivity index (χ3n) is 3.70. The van der Waals surface area contributed by atoms with Crippen molar-refractivity contribution in [3.8, 4) is 11.8 Å². The van der Waals surface area contributed by atoms with Gasteiger partial charge >= 0.3 is 0 Å². The molecule has 0 aromatic rings. The number of alkyl halides is 1. The normalized spacial score (nSPS) is 39.7. The van der Waals surface area contributed by atoms with Crippen LogP contribution in [-0.4, -0.2) is 4.87 Å². The number of hydrogen-bond donors (Lipinski definition) is 0. The largest absolute Gasteiger partial charge is 0.108 e. The van der Waals surface area contributed by atoms with Crippen LogP contribution in [0.15, 0.2) is 0 Å². The summed E-state index contributed by atoms with van der Waals surface area (Å²) in [6.07, 6.45) is 6.57. The van der Waals surface area contributed by atoms with Crippen molar-refractivity contribution < 1.29 is 0 Å². The van der Waals surface area contributed by atoms with Crippen LogP contribution in [0.5, 0.6) is 0 Å². The van der Waals surface area contributed by atoms with Gasteiger partial charge in [0.1, 0.15) is 4.87 Å². The summed E-state index contributed by atoms with van der Waals surface area (Å²) in [5.74, 6) is 8.23. The molecule has 2 aliphatic carbocycles. The Kier molecular flexibility index (Phi) is 2.80. The molecular formula is C14H21Cl. The third kappa shape index (κ3) is 2.34. The quantitative estimate of drug-likeness (QED) is 0.427. The summed E-state index contributed by atoms with van der Waals surface area (Å²) in [5, 5.41) is 0. The molecule has 0 radical (unpaired) electrons. The van der Waals surface area contributed by atoms with Crippen LogP contribution in [-0.2, 0) is 0 Å². The molecule has 0 spiro atoms. The zero-order valence-corrected chi connectivity index (χ0v) is 10.8. The van der Waals surface area contributed by atoms with Crippen molar-refractivity contribution in [3.05, 3.63) is 0 Å². The molecule has 3 atom stereocenters. The van der Waals surface area contributed by atoms with Crippen molar-refractivity contribution in [2.75, 3.05) is 0 Å². The van der Waals surface area contributed by atoms with Crippen LogP contribution in [0.25, 0.3) is 0 Å². The fraction of sp³-hybridized carbons (Fsp3) is 0.857. The number of halogens is 1. The molecular weight excluding hydrogens is 204 g/mol. The fourth-order valence-electron chi connectivity index (χ4n) is 2.86. The van der Waals surface area contributed by atoms with E-state index in [9.17, 15) is 0 Å². The zero-order valence-electron chi connectivity index (χ0n) is 10.1. The van der Waals surface area contributed by atoms with Crippen molar-refractivity contribution in [3.63, 3.8) is 0 Å². The second kappa shape index (κ2) is 3.70. The van der Waals surface area contributed by atoms with Gasteiger partial charge in [-0.3, -0.25) is 0 Å². The minimum absolute atomic E-state index is 0.0850. The van der Waals surface area contributed by atoms with E-state index in [4.69, 9.17) is 11.6 Å². The van der Waals surface area contributed by atoms with Gasteiger partial charge in [-0.2, -0.15) is 0 Å². The lowest BCUT2D eigenvalue weighted by molar-refractivity contribution is 0.0857. The first-order chi connectivity index (χ1) is 6.91. The van der Waals surface area contributed by atoms with Gasteiger partial charge in [-0.25, -0.2) is 0 Å². The monoisotopic (exact) mass is 224 g/mol. The Morgan fingerprint density at radius 3 is 2.47 bits per heavy atom. The van der Waals surface area contributed by atoms with E-state index >= 15 is 0 Å². The number of hydrogen-bond acceptors (Lipinski definition) is 0. The smallest absolute Gasteiger partial charge is 0.105 e. The second-order valence-corrected chi connectivity index (χ2v) is 6.89. The van der Waals surface area contributed by atoms with Gasteiger partial charge in [0.05, 0.1) is 0 Å². The maximum atomic E-state index is 6.61. The van der Waals surface area contributed by atoms with E-state index in [0.29, 0.717) is 5.92 Å². The Morgan fingerprint density at radius 2 is 1.87 bits per heavy atom. The van der Waals surface area contributed by atoms with E-state index in [1.54, 1.807) is 0 Å². The molecule has 15 heavy (non-hydrogen) atoms. The van der Waals surface area contributed by atoms with Gasteiger partial charge in [0.2, 0.25) is 0 Å². The maximum absolute atomic E-state index is 6.61. The average molecular weight is 225 g/mol. The van der Waals surface area contributed by atoms with Crippen LogP contribution in [0.1, 0.15) is 52.9 Å². The van der Waals surface area contributed by atoms with Crippen LogP contribution in [0.3, 0.4) is 0 Å². The van der Waals surface area contributed by atoms with Crippen LogP contribution < -0.4 is 0 Å². The van der Waals surface area contributed by atoms with Crippen molar-refractivity contribution in [1.82, 2.24) is 0 Å². The van der Waals surface area contributed by atoms with E-state index in [2.05, 4.69) is 32.6 Å². The minimum Gasteiger partial charge on any atom is -0.105 e. The molecule has 0 unspecified atom stereocenters. The highest BCUT2D eigenvalue weighted by molar-refractivity contribution is 6.27. The van der Waals surface area contributed by atoms with Crippen LogP contribution >= 0.6 is 11.6 Å². The first-order valence-electron chi connectivity index (χ1n) is 6.14. The van der Waals surface area contributed by atoms with Gasteiger partial charge in [-0.05, 0) is 51.9 Å². The second-order valence-electron chi connectivity index (χ2n) is 6.22. The highest BCUT2D eigenvalue weighted by Gasteiger charge is 2.52. The maximum Gasteiger partial charge on any atom is 0.108 e. The summed E-state index contributed by atoms with van der Waals surface area (Å²) < 4.78 is 0. The molecule has 2 fully saturated rings. The Labute approximate surface area is 98.8 Å². The first kappa shape index (κ1) is 11.3. The summed E-state index contributed by atoms with van der Waals surface area (Å²) in [4.78, 5) is -0.168. The lowest BCUT2D eigenvalue weighted by atomic mass is 9.58. The molecule has 2 aliphatic rings. The molecule has 0 N–H and O–H groups in total. The summed E-state index contributed by atoms with van der Waals surface area (Å²) in [6.45, 7) is 6.45. The van der Waals surface area contributed by atoms with E-state index < -0.39 is 0 Å². The Balaban J connectivity index is 2.05. The Hall–Kier alpha value is -0.150. The molecule has 0 aromatic carbocycles. The standard InChI is InChI=1S/C14H21Cl/c1-13(2,3)8-9-14(15)10-11-6-4-5-7-12(11)14/h11-12H,4-7,10H2,1-3H3/t11-,12+,14-/m0/s1. The summed E-state index contributed by atoms with van der Waals surface area (Å²) in [5.41, 5.74) is 0.0850. The van der Waals surface area contributed by atoms with E-state index in [1.165, 1.54) is 25.7 Å². The van der Waals surface area contributed by atoms with Crippen LogP contribution in [0.2, 0.25) is 0 Å². The molecule has 0 aromatic heterocycles. The highest BCUT2D eigenvalue weighted by atomic mass is 35.5. The van der Waals surface area contributed by atoms with Crippen molar-refractivity contribution in [1.29, 1.82) is 0 Å². The van der Waals surface area contributed by atoms with E-state index in [-0.39, 0.29) is 10.3 Å². The summed E-state index contributed by atoms with van der Waals surface area (Å²) in [6, 6.07) is 0. The van der Waals surface area contributed by atoms with Crippen LogP contribution in [0, 0.1) is 29.1 Å².